The van der Waals surface area contributed by atoms with Crippen molar-refractivity contribution in [2.24, 2.45) is 5.92 Å². The first-order chi connectivity index (χ1) is 11.8. The Hall–Kier alpha value is -2.02. The summed E-state index contributed by atoms with van der Waals surface area (Å²) in [6.07, 6.45) is 1.86. The molecule has 1 aromatic rings. The molecule has 138 valence electrons. The maximum Gasteiger partial charge on any atom is 0.257 e. The van der Waals surface area contributed by atoms with Gasteiger partial charge in [-0.05, 0) is 37.9 Å². The zero-order valence-electron chi connectivity index (χ0n) is 14.8. The summed E-state index contributed by atoms with van der Waals surface area (Å²) in [5, 5.41) is 5.67. The summed E-state index contributed by atoms with van der Waals surface area (Å²) in [6, 6.07) is 2.61. The second-order valence-electron chi connectivity index (χ2n) is 6.70. The number of halogens is 2. The standard InChI is InChI=1S/C18H25F2N3O2/c1-11(2)16(18(25)23-9-5-6-12(10-23)21-3)22-17(24)15-13(19)7-4-8-14(15)20/h4,7-8,11-12,16,21H,5-6,9-10H2,1-3H3,(H,22,24). The van der Waals surface area contributed by atoms with Crippen LogP contribution in [0.25, 0.3) is 0 Å². The van der Waals surface area contributed by atoms with Crippen molar-refractivity contribution in [1.29, 1.82) is 0 Å². The topological polar surface area (TPSA) is 61.4 Å². The zero-order chi connectivity index (χ0) is 18.6. The first-order valence-electron chi connectivity index (χ1n) is 8.56. The molecular weight excluding hydrogens is 328 g/mol. The highest BCUT2D eigenvalue weighted by atomic mass is 19.1. The average Bonchev–Trinajstić information content (AvgIpc) is 2.58. The van der Waals surface area contributed by atoms with Gasteiger partial charge < -0.3 is 15.5 Å². The lowest BCUT2D eigenvalue weighted by Crippen LogP contribution is -2.55. The van der Waals surface area contributed by atoms with Gasteiger partial charge >= 0.3 is 0 Å². The van der Waals surface area contributed by atoms with E-state index in [0.29, 0.717) is 13.1 Å². The highest BCUT2D eigenvalue weighted by molar-refractivity contribution is 5.98. The van der Waals surface area contributed by atoms with Crippen LogP contribution >= 0.6 is 0 Å². The minimum absolute atomic E-state index is 0.207. The molecule has 2 atom stereocenters. The van der Waals surface area contributed by atoms with Gasteiger partial charge in [0, 0.05) is 19.1 Å². The number of likely N-dealkylation sites (tertiary alicyclic amines) is 1. The van der Waals surface area contributed by atoms with Gasteiger partial charge in [0.1, 0.15) is 23.2 Å². The van der Waals surface area contributed by atoms with Crippen LogP contribution in [0.3, 0.4) is 0 Å². The zero-order valence-corrected chi connectivity index (χ0v) is 14.8. The molecule has 1 fully saturated rings. The number of amides is 2. The Morgan fingerprint density at radius 1 is 1.24 bits per heavy atom. The predicted octanol–water partition coefficient (Wildman–Crippen LogP) is 1.93. The van der Waals surface area contributed by atoms with E-state index in [0.717, 1.165) is 25.0 Å². The SMILES string of the molecule is CNC1CCCN(C(=O)C(NC(=O)c2c(F)cccc2F)C(C)C)C1. The number of hydrogen-bond acceptors (Lipinski definition) is 3. The van der Waals surface area contributed by atoms with E-state index in [4.69, 9.17) is 0 Å². The lowest BCUT2D eigenvalue weighted by Gasteiger charge is -2.36. The number of hydrogen-bond donors (Lipinski definition) is 2. The average molecular weight is 353 g/mol. The van der Waals surface area contributed by atoms with Gasteiger partial charge in [0.05, 0.1) is 0 Å². The van der Waals surface area contributed by atoms with Crippen LogP contribution < -0.4 is 10.6 Å². The lowest BCUT2D eigenvalue weighted by atomic mass is 9.99. The van der Waals surface area contributed by atoms with Gasteiger partial charge in [-0.1, -0.05) is 19.9 Å². The number of benzene rings is 1. The Kier molecular flexibility index (Phi) is 6.47. The highest BCUT2D eigenvalue weighted by Crippen LogP contribution is 2.16. The Balaban J connectivity index is 2.15. The van der Waals surface area contributed by atoms with Gasteiger partial charge in [-0.25, -0.2) is 8.78 Å². The molecule has 0 aliphatic carbocycles. The summed E-state index contributed by atoms with van der Waals surface area (Å²) in [5.74, 6) is -3.23. The van der Waals surface area contributed by atoms with E-state index in [-0.39, 0.29) is 17.9 Å². The van der Waals surface area contributed by atoms with E-state index >= 15 is 0 Å². The van der Waals surface area contributed by atoms with E-state index in [1.54, 1.807) is 18.7 Å². The minimum Gasteiger partial charge on any atom is -0.340 e. The molecule has 1 saturated heterocycles. The van der Waals surface area contributed by atoms with Gasteiger partial charge in [-0.15, -0.1) is 0 Å². The van der Waals surface area contributed by atoms with Crippen molar-refractivity contribution in [2.75, 3.05) is 20.1 Å². The van der Waals surface area contributed by atoms with Gasteiger partial charge in [0.15, 0.2) is 0 Å². The molecule has 2 N–H and O–H groups in total. The summed E-state index contributed by atoms with van der Waals surface area (Å²) < 4.78 is 27.6. The maximum atomic E-state index is 13.8. The Labute approximate surface area is 146 Å². The van der Waals surface area contributed by atoms with Crippen molar-refractivity contribution >= 4 is 11.8 Å². The van der Waals surface area contributed by atoms with Crippen LogP contribution in [0.15, 0.2) is 18.2 Å². The third-order valence-corrected chi connectivity index (χ3v) is 4.55. The number of piperidine rings is 1. The van der Waals surface area contributed by atoms with Crippen LogP contribution in [0.4, 0.5) is 8.78 Å². The van der Waals surface area contributed by atoms with E-state index in [9.17, 15) is 18.4 Å². The minimum atomic E-state index is -0.944. The molecule has 7 heteroatoms. The Bertz CT molecular complexity index is 616. The summed E-state index contributed by atoms with van der Waals surface area (Å²) in [6.45, 7) is 4.76. The van der Waals surface area contributed by atoms with Gasteiger partial charge in [-0.3, -0.25) is 9.59 Å². The van der Waals surface area contributed by atoms with Crippen LogP contribution in [-0.2, 0) is 4.79 Å². The second kappa shape index (κ2) is 8.38. The van der Waals surface area contributed by atoms with Crippen molar-refractivity contribution in [3.05, 3.63) is 35.4 Å². The van der Waals surface area contributed by atoms with Gasteiger partial charge in [0.25, 0.3) is 5.91 Å². The van der Waals surface area contributed by atoms with Crippen molar-refractivity contribution in [2.45, 2.75) is 38.8 Å². The third-order valence-electron chi connectivity index (χ3n) is 4.55. The van der Waals surface area contributed by atoms with E-state index in [1.165, 1.54) is 6.07 Å². The molecule has 1 heterocycles. The van der Waals surface area contributed by atoms with Crippen LogP contribution in [0, 0.1) is 17.6 Å². The molecule has 1 aliphatic heterocycles. The van der Waals surface area contributed by atoms with E-state index < -0.39 is 29.1 Å². The van der Waals surface area contributed by atoms with Crippen LogP contribution in [0.1, 0.15) is 37.0 Å². The second-order valence-corrected chi connectivity index (χ2v) is 6.70. The molecule has 0 saturated carbocycles. The van der Waals surface area contributed by atoms with Crippen LogP contribution in [-0.4, -0.2) is 48.9 Å². The molecule has 0 spiro atoms. The van der Waals surface area contributed by atoms with Crippen LogP contribution in [0.5, 0.6) is 0 Å². The fourth-order valence-electron chi connectivity index (χ4n) is 3.05. The third kappa shape index (κ3) is 4.54. The van der Waals surface area contributed by atoms with Crippen LogP contribution in [0.2, 0.25) is 0 Å². The summed E-state index contributed by atoms with van der Waals surface area (Å²) >= 11 is 0. The fourth-order valence-corrected chi connectivity index (χ4v) is 3.05. The Morgan fingerprint density at radius 2 is 1.88 bits per heavy atom. The normalized spacial score (nSPS) is 19.0. The van der Waals surface area contributed by atoms with Gasteiger partial charge in [-0.2, -0.15) is 0 Å². The van der Waals surface area contributed by atoms with Crippen molar-refractivity contribution in [3.8, 4) is 0 Å². The maximum absolute atomic E-state index is 13.8. The molecule has 2 amide bonds. The molecule has 1 aliphatic rings. The smallest absolute Gasteiger partial charge is 0.257 e. The monoisotopic (exact) mass is 353 g/mol. The highest BCUT2D eigenvalue weighted by Gasteiger charge is 2.32. The summed E-state index contributed by atoms with van der Waals surface area (Å²) in [5.41, 5.74) is -0.660. The molecule has 1 aromatic carbocycles. The number of nitrogens with one attached hydrogen (secondary N) is 2. The number of carbonyl (C=O) groups excluding carboxylic acids is 2. The molecular formula is C18H25F2N3O2. The summed E-state index contributed by atoms with van der Waals surface area (Å²) in [4.78, 5) is 26.9. The first kappa shape index (κ1) is 19.3. The molecule has 25 heavy (non-hydrogen) atoms. The van der Waals surface area contributed by atoms with E-state index in [1.807, 2.05) is 7.05 Å². The molecule has 2 rings (SSSR count). The van der Waals surface area contributed by atoms with Crippen molar-refractivity contribution in [3.63, 3.8) is 0 Å². The number of likely N-dealkylation sites (N-methyl/N-ethyl adjacent to an activating group) is 1. The largest absolute Gasteiger partial charge is 0.340 e. The molecule has 2 unspecified atom stereocenters. The molecule has 0 aromatic heterocycles. The fraction of sp³-hybridized carbons (Fsp3) is 0.556. The summed E-state index contributed by atoms with van der Waals surface area (Å²) in [7, 11) is 1.85. The molecule has 5 nitrogen and oxygen atoms in total. The quantitative estimate of drug-likeness (QED) is 0.850. The van der Waals surface area contributed by atoms with Gasteiger partial charge in [0.2, 0.25) is 5.91 Å². The first-order valence-corrected chi connectivity index (χ1v) is 8.56. The van der Waals surface area contributed by atoms with Crippen molar-refractivity contribution in [1.82, 2.24) is 15.5 Å². The number of carbonyl (C=O) groups is 2. The predicted molar refractivity (Wildman–Crippen MR) is 91.1 cm³/mol. The Morgan fingerprint density at radius 3 is 2.44 bits per heavy atom. The molecule has 0 radical (unpaired) electrons. The van der Waals surface area contributed by atoms with Crippen molar-refractivity contribution < 1.29 is 18.4 Å². The number of nitrogens with zero attached hydrogens (tertiary/aromatic N) is 1. The number of rotatable bonds is 5. The lowest BCUT2D eigenvalue weighted by molar-refractivity contribution is -0.135. The van der Waals surface area contributed by atoms with E-state index in [2.05, 4.69) is 10.6 Å². The molecule has 0 bridgehead atoms.